The van der Waals surface area contributed by atoms with Gasteiger partial charge in [0.1, 0.15) is 5.82 Å². The summed E-state index contributed by atoms with van der Waals surface area (Å²) in [6.45, 7) is 7.27. The molecule has 2 fully saturated rings. The highest BCUT2D eigenvalue weighted by atomic mass is 19.3. The van der Waals surface area contributed by atoms with Gasteiger partial charge in [0.05, 0.1) is 0 Å². The predicted octanol–water partition coefficient (Wildman–Crippen LogP) is 5.34. The van der Waals surface area contributed by atoms with Crippen molar-refractivity contribution >= 4 is 23.0 Å². The van der Waals surface area contributed by atoms with Crippen molar-refractivity contribution in [3.63, 3.8) is 0 Å². The standard InChI is InChI=1S/C33H38F2N6O/c1-23-15-26-4-3-25(27-17-24(20-36-21-27)22-40-9-6-33(34,35)7-10-40)18-29(26)30(16-23)32(42)38-28-5-8-37-31(19-28)41-13-11-39(2)12-14-41/h3-5,8,16-21,23H,6-7,9-15,22H2,1-2H3,(H,37,38,42). The van der Waals surface area contributed by atoms with Crippen LogP contribution in [0.15, 0.2) is 61.1 Å². The van der Waals surface area contributed by atoms with E-state index < -0.39 is 5.92 Å². The highest BCUT2D eigenvalue weighted by Crippen LogP contribution is 2.34. The van der Waals surface area contributed by atoms with Gasteiger partial charge in [0, 0.05) is 100 Å². The lowest BCUT2D eigenvalue weighted by atomic mass is 9.83. The molecule has 1 unspecified atom stereocenters. The maximum absolute atomic E-state index is 13.7. The summed E-state index contributed by atoms with van der Waals surface area (Å²) in [5.41, 5.74) is 6.39. The molecular formula is C33H38F2N6O. The average Bonchev–Trinajstić information content (AvgIpc) is 2.98. The van der Waals surface area contributed by atoms with Gasteiger partial charge in [-0.2, -0.15) is 0 Å². The molecule has 0 spiro atoms. The molecule has 220 valence electrons. The first-order valence-corrected chi connectivity index (χ1v) is 14.8. The minimum Gasteiger partial charge on any atom is -0.354 e. The molecule has 1 atom stereocenters. The van der Waals surface area contributed by atoms with Crippen LogP contribution in [0.1, 0.15) is 36.5 Å². The number of nitrogens with zero attached hydrogens (tertiary/aromatic N) is 5. The molecule has 9 heteroatoms. The summed E-state index contributed by atoms with van der Waals surface area (Å²) in [5, 5.41) is 3.13. The van der Waals surface area contributed by atoms with Crippen molar-refractivity contribution in [1.82, 2.24) is 19.8 Å². The number of nitrogens with one attached hydrogen (secondary N) is 1. The lowest BCUT2D eigenvalue weighted by molar-refractivity contribution is -0.111. The van der Waals surface area contributed by atoms with E-state index in [2.05, 4.69) is 74.3 Å². The van der Waals surface area contributed by atoms with Crippen molar-refractivity contribution in [3.05, 3.63) is 77.8 Å². The molecule has 1 amide bonds. The quantitative estimate of drug-likeness (QED) is 0.430. The number of piperazine rings is 1. The molecule has 3 aromatic rings. The second kappa shape index (κ2) is 11.9. The number of likely N-dealkylation sites (N-methyl/N-ethyl adjacent to an activating group) is 1. The van der Waals surface area contributed by atoms with Crippen molar-refractivity contribution < 1.29 is 13.6 Å². The molecule has 0 radical (unpaired) electrons. The van der Waals surface area contributed by atoms with Gasteiger partial charge >= 0.3 is 0 Å². The van der Waals surface area contributed by atoms with Gasteiger partial charge in [0.15, 0.2) is 0 Å². The minimum absolute atomic E-state index is 0.100. The number of allylic oxidation sites excluding steroid dienone is 1. The summed E-state index contributed by atoms with van der Waals surface area (Å²) in [6.07, 6.45) is 8.11. The number of alkyl halides is 2. The van der Waals surface area contributed by atoms with Crippen LogP contribution >= 0.6 is 0 Å². The first-order valence-electron chi connectivity index (χ1n) is 14.8. The van der Waals surface area contributed by atoms with Crippen molar-refractivity contribution in [1.29, 1.82) is 0 Å². The molecule has 1 aliphatic carbocycles. The Kier molecular flexibility index (Phi) is 8.05. The summed E-state index contributed by atoms with van der Waals surface area (Å²) in [4.78, 5) is 29.3. The highest BCUT2D eigenvalue weighted by Gasteiger charge is 2.34. The van der Waals surface area contributed by atoms with Crippen molar-refractivity contribution in [2.75, 3.05) is 56.5 Å². The number of carbonyl (C=O) groups is 1. The monoisotopic (exact) mass is 572 g/mol. The number of hydrogen-bond donors (Lipinski definition) is 1. The zero-order valence-corrected chi connectivity index (χ0v) is 24.3. The fourth-order valence-corrected chi connectivity index (χ4v) is 6.09. The summed E-state index contributed by atoms with van der Waals surface area (Å²) in [7, 11) is 2.12. The van der Waals surface area contributed by atoms with Crippen LogP contribution < -0.4 is 10.2 Å². The SMILES string of the molecule is CC1C=C(C(=O)Nc2ccnc(N3CCN(C)CC3)c2)c2cc(-c3cncc(CN4CCC(F)(F)CC4)c3)ccc2C1. The lowest BCUT2D eigenvalue weighted by Crippen LogP contribution is -2.44. The van der Waals surface area contributed by atoms with Gasteiger partial charge in [-0.3, -0.25) is 14.7 Å². The first-order chi connectivity index (χ1) is 20.2. The van der Waals surface area contributed by atoms with Crippen molar-refractivity contribution in [2.24, 2.45) is 5.92 Å². The third-order valence-corrected chi connectivity index (χ3v) is 8.59. The molecule has 4 heterocycles. The normalized spacial score (nSPS) is 21.0. The highest BCUT2D eigenvalue weighted by molar-refractivity contribution is 6.26. The number of pyridine rings is 2. The fourth-order valence-electron chi connectivity index (χ4n) is 6.09. The summed E-state index contributed by atoms with van der Waals surface area (Å²) in [5.74, 6) is -1.58. The van der Waals surface area contributed by atoms with E-state index in [1.165, 1.54) is 0 Å². The topological polar surface area (TPSA) is 64.6 Å². The molecule has 0 bridgehead atoms. The molecule has 6 rings (SSSR count). The molecule has 1 N–H and O–H groups in total. The van der Waals surface area contributed by atoms with Gasteiger partial charge < -0.3 is 15.1 Å². The van der Waals surface area contributed by atoms with Crippen LogP contribution in [0.25, 0.3) is 16.7 Å². The summed E-state index contributed by atoms with van der Waals surface area (Å²) in [6, 6.07) is 12.1. The molecule has 2 saturated heterocycles. The molecular weight excluding hydrogens is 534 g/mol. The third kappa shape index (κ3) is 6.52. The zero-order valence-electron chi connectivity index (χ0n) is 24.3. The number of aromatic nitrogens is 2. The van der Waals surface area contributed by atoms with E-state index in [1.807, 2.05) is 18.3 Å². The number of rotatable bonds is 6. The van der Waals surface area contributed by atoms with Gasteiger partial charge in [-0.05, 0) is 59.8 Å². The molecule has 42 heavy (non-hydrogen) atoms. The number of likely N-dealkylation sites (tertiary alicyclic amines) is 1. The predicted molar refractivity (Wildman–Crippen MR) is 163 cm³/mol. The number of anilines is 2. The lowest BCUT2D eigenvalue weighted by Gasteiger charge is -2.33. The van der Waals surface area contributed by atoms with Gasteiger partial charge in [-0.15, -0.1) is 0 Å². The number of piperidine rings is 1. The van der Waals surface area contributed by atoms with E-state index in [4.69, 9.17) is 0 Å². The van der Waals surface area contributed by atoms with Crippen LogP contribution in [0, 0.1) is 5.92 Å². The first kappa shape index (κ1) is 28.4. The third-order valence-electron chi connectivity index (χ3n) is 8.59. The number of fused-ring (bicyclic) bond motifs is 1. The van der Waals surface area contributed by atoms with E-state index in [0.717, 1.165) is 71.9 Å². The second-order valence-electron chi connectivity index (χ2n) is 12.0. The van der Waals surface area contributed by atoms with Crippen LogP contribution in [0.3, 0.4) is 0 Å². The minimum atomic E-state index is -2.56. The fraction of sp³-hybridized carbons (Fsp3) is 0.424. The molecule has 3 aliphatic rings. The Hall–Kier alpha value is -3.69. The smallest absolute Gasteiger partial charge is 0.255 e. The van der Waals surface area contributed by atoms with Crippen molar-refractivity contribution in [3.8, 4) is 11.1 Å². The Bertz CT molecular complexity index is 1470. The van der Waals surface area contributed by atoms with Gasteiger partial charge in [0.2, 0.25) is 0 Å². The molecule has 0 saturated carbocycles. The van der Waals surface area contributed by atoms with Gasteiger partial charge in [0.25, 0.3) is 11.8 Å². The second-order valence-corrected chi connectivity index (χ2v) is 12.0. The van der Waals surface area contributed by atoms with E-state index in [-0.39, 0.29) is 24.7 Å². The van der Waals surface area contributed by atoms with Crippen molar-refractivity contribution in [2.45, 2.75) is 38.7 Å². The van der Waals surface area contributed by atoms with E-state index in [0.29, 0.717) is 25.2 Å². The maximum Gasteiger partial charge on any atom is 0.255 e. The number of halogens is 2. The molecule has 2 aromatic heterocycles. The van der Waals surface area contributed by atoms with E-state index in [1.54, 1.807) is 12.4 Å². The molecule has 2 aliphatic heterocycles. The number of carbonyl (C=O) groups excluding carboxylic acids is 1. The van der Waals surface area contributed by atoms with E-state index >= 15 is 0 Å². The average molecular weight is 573 g/mol. The summed E-state index contributed by atoms with van der Waals surface area (Å²) < 4.78 is 27.2. The Morgan fingerprint density at radius 2 is 1.79 bits per heavy atom. The number of hydrogen-bond acceptors (Lipinski definition) is 6. The number of benzene rings is 1. The number of amides is 1. The summed E-state index contributed by atoms with van der Waals surface area (Å²) >= 11 is 0. The Balaban J connectivity index is 1.20. The Morgan fingerprint density at radius 3 is 2.57 bits per heavy atom. The van der Waals surface area contributed by atoms with Crippen LogP contribution in [0.5, 0.6) is 0 Å². The Morgan fingerprint density at radius 1 is 1.00 bits per heavy atom. The molecule has 7 nitrogen and oxygen atoms in total. The van der Waals surface area contributed by atoms with Crippen LogP contribution in [0.2, 0.25) is 0 Å². The van der Waals surface area contributed by atoms with Crippen LogP contribution in [-0.2, 0) is 17.8 Å². The zero-order chi connectivity index (χ0) is 29.3. The van der Waals surface area contributed by atoms with E-state index in [9.17, 15) is 13.6 Å². The largest absolute Gasteiger partial charge is 0.354 e. The van der Waals surface area contributed by atoms with Gasteiger partial charge in [-0.1, -0.05) is 25.1 Å². The van der Waals surface area contributed by atoms with Crippen LogP contribution in [-0.4, -0.2) is 77.9 Å². The Labute approximate surface area is 246 Å². The van der Waals surface area contributed by atoms with Gasteiger partial charge in [-0.25, -0.2) is 13.8 Å². The van der Waals surface area contributed by atoms with Crippen LogP contribution in [0.4, 0.5) is 20.3 Å². The molecule has 1 aromatic carbocycles. The maximum atomic E-state index is 13.7.